The molecule has 0 fully saturated rings. The first kappa shape index (κ1) is 12.5. The quantitative estimate of drug-likeness (QED) is 0.596. The molecule has 0 heterocycles. The van der Waals surface area contributed by atoms with Crippen LogP contribution in [0.5, 0.6) is 0 Å². The summed E-state index contributed by atoms with van der Waals surface area (Å²) in [5.41, 5.74) is 2.35. The average Bonchev–Trinajstić information content (AvgIpc) is 2.38. The zero-order valence-electron chi connectivity index (χ0n) is 9.93. The number of aliphatic imine (C=N–C) groups is 1. The zero-order chi connectivity index (χ0) is 13.0. The fourth-order valence-electron chi connectivity index (χ4n) is 1.51. The van der Waals surface area contributed by atoms with Crippen LogP contribution in [0.4, 0.5) is 5.69 Å². The van der Waals surface area contributed by atoms with Gasteiger partial charge in [0.2, 0.25) is 0 Å². The molecule has 0 radical (unpaired) electrons. The first-order valence-corrected chi connectivity index (χ1v) is 5.94. The zero-order valence-corrected chi connectivity index (χ0v) is 10.7. The second kappa shape index (κ2) is 5.61. The lowest BCUT2D eigenvalue weighted by atomic mass is 10.1. The fourth-order valence-corrected chi connectivity index (χ4v) is 1.69. The van der Waals surface area contributed by atoms with E-state index >= 15 is 0 Å². The van der Waals surface area contributed by atoms with Gasteiger partial charge in [0, 0.05) is 22.4 Å². The van der Waals surface area contributed by atoms with Crippen molar-refractivity contribution in [1.29, 1.82) is 0 Å². The summed E-state index contributed by atoms with van der Waals surface area (Å²) < 4.78 is 0. The van der Waals surface area contributed by atoms with Crippen LogP contribution < -0.4 is 0 Å². The van der Waals surface area contributed by atoms with Crippen LogP contribution in [0.15, 0.2) is 53.5 Å². The second-order valence-electron chi connectivity index (χ2n) is 3.88. The number of carbonyl (C=O) groups is 1. The molecule has 0 spiro atoms. The highest BCUT2D eigenvalue weighted by Crippen LogP contribution is 2.16. The van der Waals surface area contributed by atoms with E-state index in [9.17, 15) is 4.79 Å². The molecule has 2 rings (SSSR count). The molecule has 0 aliphatic carbocycles. The van der Waals surface area contributed by atoms with Gasteiger partial charge in [0.05, 0.1) is 5.69 Å². The Morgan fingerprint density at radius 3 is 2.39 bits per heavy atom. The molecule has 2 nitrogen and oxygen atoms in total. The van der Waals surface area contributed by atoms with Crippen molar-refractivity contribution in [3.8, 4) is 0 Å². The molecule has 0 amide bonds. The van der Waals surface area contributed by atoms with E-state index in [2.05, 4.69) is 4.99 Å². The summed E-state index contributed by atoms with van der Waals surface area (Å²) in [6.45, 7) is 1.54. The van der Waals surface area contributed by atoms with E-state index in [0.717, 1.165) is 11.3 Å². The normalized spacial score (nSPS) is 10.8. The average molecular weight is 258 g/mol. The lowest BCUT2D eigenvalue weighted by Crippen LogP contribution is -1.89. The van der Waals surface area contributed by atoms with Crippen LogP contribution in [0.1, 0.15) is 22.8 Å². The Hall–Kier alpha value is -1.93. The predicted octanol–water partition coefficient (Wildman–Crippen LogP) is 4.29. The number of nitrogens with zero attached hydrogens (tertiary/aromatic N) is 1. The van der Waals surface area contributed by atoms with Crippen molar-refractivity contribution in [2.24, 2.45) is 4.99 Å². The van der Waals surface area contributed by atoms with Crippen molar-refractivity contribution in [3.05, 3.63) is 64.7 Å². The third kappa shape index (κ3) is 3.05. The molecule has 0 aliphatic heterocycles. The van der Waals surface area contributed by atoms with Gasteiger partial charge in [0.25, 0.3) is 0 Å². The molecule has 0 unspecified atom stereocenters. The maximum Gasteiger partial charge on any atom is 0.159 e. The van der Waals surface area contributed by atoms with E-state index in [4.69, 9.17) is 11.6 Å². The van der Waals surface area contributed by atoms with Crippen molar-refractivity contribution in [3.63, 3.8) is 0 Å². The number of benzene rings is 2. The maximum atomic E-state index is 11.1. The molecule has 3 heteroatoms. The number of Topliss-reactive ketones (excluding diaryl/α,β-unsaturated/α-hetero) is 1. The predicted molar refractivity (Wildman–Crippen MR) is 75.2 cm³/mol. The van der Waals surface area contributed by atoms with Gasteiger partial charge in [0.15, 0.2) is 5.78 Å². The molecule has 0 N–H and O–H groups in total. The standard InChI is InChI=1S/C15H12ClNO/c1-11(18)12-6-8-14(9-7-12)17-10-13-4-2-3-5-15(13)16/h2-10H,1H3. The van der Waals surface area contributed by atoms with Crippen molar-refractivity contribution < 1.29 is 4.79 Å². The van der Waals surface area contributed by atoms with Crippen molar-refractivity contribution in [2.45, 2.75) is 6.92 Å². The number of rotatable bonds is 3. The number of ketones is 1. The molecule has 0 aromatic heterocycles. The summed E-state index contributed by atoms with van der Waals surface area (Å²) in [6, 6.07) is 14.7. The van der Waals surface area contributed by atoms with E-state index < -0.39 is 0 Å². The lowest BCUT2D eigenvalue weighted by Gasteiger charge is -1.98. The Balaban J connectivity index is 2.19. The van der Waals surface area contributed by atoms with Gasteiger partial charge in [-0.1, -0.05) is 29.8 Å². The van der Waals surface area contributed by atoms with Crippen LogP contribution in [-0.4, -0.2) is 12.0 Å². The van der Waals surface area contributed by atoms with E-state index in [1.807, 2.05) is 36.4 Å². The van der Waals surface area contributed by atoms with Crippen LogP contribution in [0.3, 0.4) is 0 Å². The van der Waals surface area contributed by atoms with E-state index in [0.29, 0.717) is 10.6 Å². The van der Waals surface area contributed by atoms with Crippen LogP contribution in [0.2, 0.25) is 5.02 Å². The van der Waals surface area contributed by atoms with Gasteiger partial charge < -0.3 is 0 Å². The molecule has 18 heavy (non-hydrogen) atoms. The van der Waals surface area contributed by atoms with Crippen LogP contribution in [0, 0.1) is 0 Å². The van der Waals surface area contributed by atoms with Gasteiger partial charge in [-0.25, -0.2) is 0 Å². The monoisotopic (exact) mass is 257 g/mol. The summed E-state index contributed by atoms with van der Waals surface area (Å²) in [6.07, 6.45) is 1.71. The molecule has 0 atom stereocenters. The van der Waals surface area contributed by atoms with Gasteiger partial charge in [-0.05, 0) is 37.3 Å². The van der Waals surface area contributed by atoms with Gasteiger partial charge >= 0.3 is 0 Å². The maximum absolute atomic E-state index is 11.1. The lowest BCUT2D eigenvalue weighted by molar-refractivity contribution is 0.101. The van der Waals surface area contributed by atoms with Crippen molar-refractivity contribution in [1.82, 2.24) is 0 Å². The van der Waals surface area contributed by atoms with E-state index in [1.54, 1.807) is 25.3 Å². The topological polar surface area (TPSA) is 29.4 Å². The first-order valence-electron chi connectivity index (χ1n) is 5.56. The van der Waals surface area contributed by atoms with E-state index in [-0.39, 0.29) is 5.78 Å². The molecule has 2 aromatic rings. The smallest absolute Gasteiger partial charge is 0.159 e. The van der Waals surface area contributed by atoms with Crippen molar-refractivity contribution in [2.75, 3.05) is 0 Å². The molecular weight excluding hydrogens is 246 g/mol. The summed E-state index contributed by atoms with van der Waals surface area (Å²) in [7, 11) is 0. The molecule has 0 saturated heterocycles. The Kier molecular flexibility index (Phi) is 3.90. The minimum Gasteiger partial charge on any atom is -0.295 e. The van der Waals surface area contributed by atoms with E-state index in [1.165, 1.54) is 0 Å². The minimum atomic E-state index is 0.0524. The van der Waals surface area contributed by atoms with Gasteiger partial charge in [-0.2, -0.15) is 0 Å². The summed E-state index contributed by atoms with van der Waals surface area (Å²) >= 11 is 6.02. The Labute approximate surface area is 111 Å². The summed E-state index contributed by atoms with van der Waals surface area (Å²) in [5, 5.41) is 0.668. The summed E-state index contributed by atoms with van der Waals surface area (Å²) in [5.74, 6) is 0.0524. The molecule has 2 aromatic carbocycles. The van der Waals surface area contributed by atoms with Gasteiger partial charge in [-0.3, -0.25) is 9.79 Å². The van der Waals surface area contributed by atoms with Crippen LogP contribution in [0.25, 0.3) is 0 Å². The largest absolute Gasteiger partial charge is 0.295 e. The highest BCUT2D eigenvalue weighted by Gasteiger charge is 1.98. The fraction of sp³-hybridized carbons (Fsp3) is 0.0667. The van der Waals surface area contributed by atoms with Crippen molar-refractivity contribution >= 4 is 29.3 Å². The van der Waals surface area contributed by atoms with Gasteiger partial charge in [0.1, 0.15) is 0 Å². The molecule has 90 valence electrons. The number of carbonyl (C=O) groups excluding carboxylic acids is 1. The summed E-state index contributed by atoms with van der Waals surface area (Å²) in [4.78, 5) is 15.4. The molecule has 0 bridgehead atoms. The van der Waals surface area contributed by atoms with Crippen LogP contribution >= 0.6 is 11.6 Å². The Morgan fingerprint density at radius 2 is 1.78 bits per heavy atom. The molecule has 0 aliphatic rings. The molecular formula is C15H12ClNO. The number of hydrogen-bond donors (Lipinski definition) is 0. The first-order chi connectivity index (χ1) is 8.66. The molecule has 0 saturated carbocycles. The second-order valence-corrected chi connectivity index (χ2v) is 4.29. The third-order valence-corrected chi connectivity index (χ3v) is 2.88. The highest BCUT2D eigenvalue weighted by atomic mass is 35.5. The Morgan fingerprint density at radius 1 is 1.11 bits per heavy atom. The van der Waals surface area contributed by atoms with Gasteiger partial charge in [-0.15, -0.1) is 0 Å². The highest BCUT2D eigenvalue weighted by molar-refractivity contribution is 6.33. The van der Waals surface area contributed by atoms with Crippen LogP contribution in [-0.2, 0) is 0 Å². The minimum absolute atomic E-state index is 0.0524. The SMILES string of the molecule is CC(=O)c1ccc(N=Cc2ccccc2Cl)cc1. The Bertz CT molecular complexity index is 588. The number of hydrogen-bond acceptors (Lipinski definition) is 2. The number of halogens is 1. The third-order valence-electron chi connectivity index (χ3n) is 2.53.